The highest BCUT2D eigenvalue weighted by Crippen LogP contribution is 2.35. The Hall–Kier alpha value is -1.84. The monoisotopic (exact) mass is 292 g/mol. The van der Waals surface area contributed by atoms with Crippen molar-refractivity contribution in [3.8, 4) is 5.75 Å². The molecular weight excluding hydrogens is 268 g/mol. The Morgan fingerprint density at radius 1 is 1.14 bits per heavy atom. The average Bonchev–Trinajstić information content (AvgIpc) is 2.44. The summed E-state index contributed by atoms with van der Waals surface area (Å²) in [6.45, 7) is 9.99. The molecule has 0 aliphatic carbocycles. The average molecular weight is 292 g/mol. The number of rotatable bonds is 5. The van der Waals surface area contributed by atoms with Gasteiger partial charge in [-0.1, -0.05) is 33.8 Å². The van der Waals surface area contributed by atoms with Gasteiger partial charge >= 0.3 is 5.97 Å². The highest BCUT2D eigenvalue weighted by Gasteiger charge is 2.28. The number of ketones is 1. The van der Waals surface area contributed by atoms with Gasteiger partial charge in [-0.15, -0.1) is 0 Å². The number of hydrogen-bond donors (Lipinski definition) is 0. The van der Waals surface area contributed by atoms with Crippen LogP contribution in [0.25, 0.3) is 0 Å². The van der Waals surface area contributed by atoms with Crippen molar-refractivity contribution in [3.63, 3.8) is 0 Å². The second-order valence-electron chi connectivity index (χ2n) is 5.88. The number of aryl methyl sites for hydroxylation is 1. The van der Waals surface area contributed by atoms with Crippen LogP contribution in [0.3, 0.4) is 0 Å². The van der Waals surface area contributed by atoms with Crippen LogP contribution in [-0.4, -0.2) is 25.5 Å². The molecule has 0 spiro atoms. The maximum absolute atomic E-state index is 12.3. The summed E-state index contributed by atoms with van der Waals surface area (Å²) in [6, 6.07) is 3.74. The molecule has 0 saturated carbocycles. The summed E-state index contributed by atoms with van der Waals surface area (Å²) in [4.78, 5) is 24.1. The molecule has 0 radical (unpaired) electrons. The maximum atomic E-state index is 12.3. The summed E-state index contributed by atoms with van der Waals surface area (Å²) in [6.07, 6.45) is 0.774. The molecule has 0 amide bonds. The first-order chi connectivity index (χ1) is 9.76. The lowest BCUT2D eigenvalue weighted by molar-refractivity contribution is -0.137. The first-order valence-electron chi connectivity index (χ1n) is 7.19. The van der Waals surface area contributed by atoms with Gasteiger partial charge in [0.05, 0.1) is 19.3 Å². The molecule has 1 aromatic carbocycles. The Kier molecular flexibility index (Phi) is 5.53. The number of carbonyl (C=O) groups excluding carboxylic acids is 2. The molecule has 21 heavy (non-hydrogen) atoms. The Morgan fingerprint density at radius 2 is 1.76 bits per heavy atom. The SMILES string of the molecule is CCOC(=O)C(=O)c1cc(CC)cc(C(C)(C)C)c1OC. The smallest absolute Gasteiger partial charge is 0.379 e. The topological polar surface area (TPSA) is 52.6 Å². The van der Waals surface area contributed by atoms with Crippen LogP contribution < -0.4 is 4.74 Å². The van der Waals surface area contributed by atoms with Crippen LogP contribution >= 0.6 is 0 Å². The van der Waals surface area contributed by atoms with Gasteiger partial charge in [-0.25, -0.2) is 4.79 Å². The Balaban J connectivity index is 3.49. The number of ether oxygens (including phenoxy) is 2. The molecule has 4 heteroatoms. The molecule has 0 N–H and O–H groups in total. The largest absolute Gasteiger partial charge is 0.496 e. The van der Waals surface area contributed by atoms with E-state index in [1.54, 1.807) is 13.0 Å². The van der Waals surface area contributed by atoms with E-state index in [4.69, 9.17) is 9.47 Å². The molecule has 0 unspecified atom stereocenters. The fraction of sp³-hybridized carbons (Fsp3) is 0.529. The molecule has 4 nitrogen and oxygen atoms in total. The quantitative estimate of drug-likeness (QED) is 0.474. The third-order valence-corrected chi connectivity index (χ3v) is 3.27. The third-order valence-electron chi connectivity index (χ3n) is 3.27. The van der Waals surface area contributed by atoms with Crippen molar-refractivity contribution in [2.24, 2.45) is 0 Å². The van der Waals surface area contributed by atoms with E-state index in [0.717, 1.165) is 17.5 Å². The molecule has 0 atom stereocenters. The van der Waals surface area contributed by atoms with Gasteiger partial charge in [0.25, 0.3) is 5.78 Å². The van der Waals surface area contributed by atoms with Crippen LogP contribution in [0.2, 0.25) is 0 Å². The van der Waals surface area contributed by atoms with E-state index in [0.29, 0.717) is 5.75 Å². The van der Waals surface area contributed by atoms with Crippen LogP contribution in [-0.2, 0) is 21.4 Å². The molecule has 0 fully saturated rings. The molecule has 0 aliphatic rings. The minimum absolute atomic E-state index is 0.173. The van der Waals surface area contributed by atoms with Crippen molar-refractivity contribution in [2.75, 3.05) is 13.7 Å². The summed E-state index contributed by atoms with van der Waals surface area (Å²) in [5, 5.41) is 0. The Labute approximate surface area is 126 Å². The number of methoxy groups -OCH3 is 1. The lowest BCUT2D eigenvalue weighted by atomic mass is 9.83. The fourth-order valence-electron chi connectivity index (χ4n) is 2.15. The van der Waals surface area contributed by atoms with Crippen molar-refractivity contribution >= 4 is 11.8 Å². The highest BCUT2D eigenvalue weighted by atomic mass is 16.5. The van der Waals surface area contributed by atoms with Gasteiger partial charge in [0, 0.05) is 5.56 Å². The standard InChI is InChI=1S/C17H24O4/c1-7-11-9-12(14(18)16(19)21-8-2)15(20-6)13(10-11)17(3,4)5/h9-10H,7-8H2,1-6H3. The molecule has 0 saturated heterocycles. The molecule has 0 bridgehead atoms. The number of hydrogen-bond acceptors (Lipinski definition) is 4. The van der Waals surface area contributed by atoms with Crippen LogP contribution in [0.5, 0.6) is 5.75 Å². The van der Waals surface area contributed by atoms with Gasteiger partial charge in [-0.3, -0.25) is 4.79 Å². The zero-order chi connectivity index (χ0) is 16.2. The highest BCUT2D eigenvalue weighted by molar-refractivity contribution is 6.41. The molecule has 1 aromatic rings. The summed E-state index contributed by atoms with van der Waals surface area (Å²) >= 11 is 0. The Bertz CT molecular complexity index is 538. The van der Waals surface area contributed by atoms with E-state index in [-0.39, 0.29) is 17.6 Å². The van der Waals surface area contributed by atoms with E-state index in [2.05, 4.69) is 0 Å². The van der Waals surface area contributed by atoms with Crippen molar-refractivity contribution in [1.29, 1.82) is 0 Å². The normalized spacial score (nSPS) is 11.1. The lowest BCUT2D eigenvalue weighted by Crippen LogP contribution is -2.21. The van der Waals surface area contributed by atoms with Crippen molar-refractivity contribution in [3.05, 3.63) is 28.8 Å². The van der Waals surface area contributed by atoms with Gasteiger partial charge in [-0.05, 0) is 30.4 Å². The van der Waals surface area contributed by atoms with Crippen LogP contribution in [0.15, 0.2) is 12.1 Å². The zero-order valence-electron chi connectivity index (χ0n) is 13.7. The zero-order valence-corrected chi connectivity index (χ0v) is 13.7. The van der Waals surface area contributed by atoms with E-state index in [1.165, 1.54) is 7.11 Å². The molecule has 0 heterocycles. The van der Waals surface area contributed by atoms with Crippen molar-refractivity contribution in [1.82, 2.24) is 0 Å². The van der Waals surface area contributed by atoms with E-state index in [1.807, 2.05) is 33.8 Å². The second kappa shape index (κ2) is 6.74. The number of carbonyl (C=O) groups is 2. The van der Waals surface area contributed by atoms with E-state index < -0.39 is 11.8 Å². The van der Waals surface area contributed by atoms with Gasteiger partial charge in [0.1, 0.15) is 5.75 Å². The Morgan fingerprint density at radius 3 is 2.19 bits per heavy atom. The minimum atomic E-state index is -0.844. The van der Waals surface area contributed by atoms with Gasteiger partial charge in [0.15, 0.2) is 0 Å². The van der Waals surface area contributed by atoms with Crippen molar-refractivity contribution in [2.45, 2.75) is 46.5 Å². The van der Waals surface area contributed by atoms with Gasteiger partial charge in [-0.2, -0.15) is 0 Å². The van der Waals surface area contributed by atoms with E-state index >= 15 is 0 Å². The van der Waals surface area contributed by atoms with Crippen LogP contribution in [0, 0.1) is 0 Å². The van der Waals surface area contributed by atoms with Crippen LogP contribution in [0.4, 0.5) is 0 Å². The first-order valence-corrected chi connectivity index (χ1v) is 7.19. The third kappa shape index (κ3) is 3.84. The van der Waals surface area contributed by atoms with Gasteiger partial charge in [0.2, 0.25) is 0 Å². The molecule has 1 rings (SSSR count). The van der Waals surface area contributed by atoms with Gasteiger partial charge < -0.3 is 9.47 Å². The van der Waals surface area contributed by atoms with E-state index in [9.17, 15) is 9.59 Å². The summed E-state index contributed by atoms with van der Waals surface area (Å²) < 4.78 is 10.2. The fourth-order valence-corrected chi connectivity index (χ4v) is 2.15. The second-order valence-corrected chi connectivity index (χ2v) is 5.88. The minimum Gasteiger partial charge on any atom is -0.496 e. The predicted octanol–water partition coefficient (Wildman–Crippen LogP) is 3.30. The maximum Gasteiger partial charge on any atom is 0.379 e. The summed E-state index contributed by atoms with van der Waals surface area (Å²) in [5.74, 6) is -1.05. The molecule has 116 valence electrons. The number of benzene rings is 1. The predicted molar refractivity (Wildman–Crippen MR) is 82.0 cm³/mol. The van der Waals surface area contributed by atoms with Crippen molar-refractivity contribution < 1.29 is 19.1 Å². The molecular formula is C17H24O4. The summed E-state index contributed by atoms with van der Waals surface area (Å²) in [7, 11) is 1.51. The van der Waals surface area contributed by atoms with Crippen LogP contribution in [0.1, 0.15) is 56.1 Å². The lowest BCUT2D eigenvalue weighted by Gasteiger charge is -2.24. The molecule has 0 aliphatic heterocycles. The number of esters is 1. The first kappa shape index (κ1) is 17.2. The summed E-state index contributed by atoms with van der Waals surface area (Å²) in [5.41, 5.74) is 1.99. The number of Topliss-reactive ketones (excluding diaryl/α,β-unsaturated/α-hetero) is 1. The molecule has 0 aromatic heterocycles.